The number of fused-ring (bicyclic) bond motifs is 2. The zero-order valence-corrected chi connectivity index (χ0v) is 16.9. The number of benzene rings is 5. The Labute approximate surface area is 172 Å². The molecular weight excluding hydrogens is 348 g/mol. The Balaban J connectivity index is 1.79. The summed E-state index contributed by atoms with van der Waals surface area (Å²) in [6, 6.07) is 37.6. The number of hydrogen-bond acceptors (Lipinski definition) is 0. The van der Waals surface area contributed by atoms with Gasteiger partial charge in [-0.05, 0) is 61.3 Å². The van der Waals surface area contributed by atoms with Crippen molar-refractivity contribution in [3.05, 3.63) is 109 Å². The highest BCUT2D eigenvalue weighted by atomic mass is 14.2. The summed E-state index contributed by atoms with van der Waals surface area (Å²) >= 11 is 0. The van der Waals surface area contributed by atoms with Crippen LogP contribution in [-0.4, -0.2) is 0 Å². The van der Waals surface area contributed by atoms with Crippen molar-refractivity contribution in [2.24, 2.45) is 0 Å². The maximum Gasteiger partial charge on any atom is -0.0105 e. The Morgan fingerprint density at radius 1 is 0.483 bits per heavy atom. The third-order valence-electron chi connectivity index (χ3n) is 5.82. The number of rotatable bonds is 3. The molecule has 140 valence electrons. The molecule has 0 radical (unpaired) electrons. The van der Waals surface area contributed by atoms with Crippen LogP contribution in [-0.2, 0) is 0 Å². The van der Waals surface area contributed by atoms with Gasteiger partial charge in [0.1, 0.15) is 0 Å². The normalized spacial score (nSPS) is 11.4. The average Bonchev–Trinajstić information content (AvgIpc) is 2.78. The van der Waals surface area contributed by atoms with E-state index in [0.29, 0.717) is 5.92 Å². The molecule has 0 unspecified atom stereocenters. The Hall–Kier alpha value is -3.38. The van der Waals surface area contributed by atoms with E-state index in [1.165, 1.54) is 49.4 Å². The van der Waals surface area contributed by atoms with Crippen molar-refractivity contribution >= 4 is 21.5 Å². The SMILES string of the molecule is CC(C)c1cc(-c2cccc3ccccc23)cc(-c2cccc3ccccc23)c1. The summed E-state index contributed by atoms with van der Waals surface area (Å²) in [4.78, 5) is 0. The first-order valence-corrected chi connectivity index (χ1v) is 10.3. The minimum Gasteiger partial charge on any atom is -0.0616 e. The Bertz CT molecular complexity index is 1220. The van der Waals surface area contributed by atoms with Crippen molar-refractivity contribution in [2.45, 2.75) is 19.8 Å². The van der Waals surface area contributed by atoms with Crippen molar-refractivity contribution in [3.63, 3.8) is 0 Å². The van der Waals surface area contributed by atoms with Gasteiger partial charge in [0.05, 0.1) is 0 Å². The van der Waals surface area contributed by atoms with Crippen LogP contribution < -0.4 is 0 Å². The lowest BCUT2D eigenvalue weighted by Gasteiger charge is -2.15. The van der Waals surface area contributed by atoms with Crippen LogP contribution in [0.3, 0.4) is 0 Å². The van der Waals surface area contributed by atoms with Gasteiger partial charge in [0.2, 0.25) is 0 Å². The summed E-state index contributed by atoms with van der Waals surface area (Å²) in [6.07, 6.45) is 0. The zero-order chi connectivity index (χ0) is 19.8. The van der Waals surface area contributed by atoms with Gasteiger partial charge in [0, 0.05) is 0 Å². The molecule has 29 heavy (non-hydrogen) atoms. The van der Waals surface area contributed by atoms with E-state index in [2.05, 4.69) is 117 Å². The molecule has 0 aromatic heterocycles. The third-order valence-corrected chi connectivity index (χ3v) is 5.82. The highest BCUT2D eigenvalue weighted by Gasteiger charge is 2.11. The fraction of sp³-hybridized carbons (Fsp3) is 0.103. The van der Waals surface area contributed by atoms with E-state index in [-0.39, 0.29) is 0 Å². The molecule has 0 aliphatic rings. The quantitative estimate of drug-likeness (QED) is 0.298. The molecule has 0 saturated heterocycles. The largest absolute Gasteiger partial charge is 0.0616 e. The van der Waals surface area contributed by atoms with E-state index in [1.807, 2.05) is 0 Å². The first kappa shape index (κ1) is 17.7. The Morgan fingerprint density at radius 3 is 1.41 bits per heavy atom. The van der Waals surface area contributed by atoms with Gasteiger partial charge in [-0.25, -0.2) is 0 Å². The lowest BCUT2D eigenvalue weighted by molar-refractivity contribution is 0.867. The van der Waals surface area contributed by atoms with Crippen LogP contribution in [0.25, 0.3) is 43.8 Å². The van der Waals surface area contributed by atoms with Gasteiger partial charge in [-0.3, -0.25) is 0 Å². The maximum atomic E-state index is 2.36. The molecule has 0 heteroatoms. The zero-order valence-electron chi connectivity index (χ0n) is 16.9. The Kier molecular flexibility index (Phi) is 4.41. The smallest absolute Gasteiger partial charge is 0.0105 e. The number of hydrogen-bond donors (Lipinski definition) is 0. The molecule has 0 amide bonds. The first-order chi connectivity index (χ1) is 14.2. The highest BCUT2D eigenvalue weighted by Crippen LogP contribution is 2.36. The predicted octanol–water partition coefficient (Wildman–Crippen LogP) is 8.45. The second-order valence-corrected chi connectivity index (χ2v) is 8.05. The van der Waals surface area contributed by atoms with Crippen LogP contribution in [0.2, 0.25) is 0 Å². The van der Waals surface area contributed by atoms with E-state index < -0.39 is 0 Å². The fourth-order valence-corrected chi connectivity index (χ4v) is 4.25. The topological polar surface area (TPSA) is 0 Å². The summed E-state index contributed by atoms with van der Waals surface area (Å²) in [6.45, 7) is 4.55. The summed E-state index contributed by atoms with van der Waals surface area (Å²) in [5.41, 5.74) is 6.55. The molecule has 5 aromatic rings. The highest BCUT2D eigenvalue weighted by molar-refractivity contribution is 6.00. The van der Waals surface area contributed by atoms with Gasteiger partial charge >= 0.3 is 0 Å². The van der Waals surface area contributed by atoms with Crippen molar-refractivity contribution in [2.75, 3.05) is 0 Å². The summed E-state index contributed by atoms with van der Waals surface area (Å²) in [7, 11) is 0. The van der Waals surface area contributed by atoms with E-state index >= 15 is 0 Å². The van der Waals surface area contributed by atoms with Crippen LogP contribution in [0.1, 0.15) is 25.3 Å². The van der Waals surface area contributed by atoms with Gasteiger partial charge in [-0.1, -0.05) is 111 Å². The molecule has 0 saturated carbocycles. The van der Waals surface area contributed by atoms with E-state index in [9.17, 15) is 0 Å². The van der Waals surface area contributed by atoms with E-state index in [0.717, 1.165) is 0 Å². The van der Waals surface area contributed by atoms with E-state index in [4.69, 9.17) is 0 Å². The summed E-state index contributed by atoms with van der Waals surface area (Å²) < 4.78 is 0. The summed E-state index contributed by atoms with van der Waals surface area (Å²) in [5.74, 6) is 0.471. The second-order valence-electron chi connectivity index (χ2n) is 8.05. The predicted molar refractivity (Wildman–Crippen MR) is 126 cm³/mol. The van der Waals surface area contributed by atoms with Crippen LogP contribution >= 0.6 is 0 Å². The molecule has 0 fully saturated rings. The molecule has 0 nitrogen and oxygen atoms in total. The van der Waals surface area contributed by atoms with Crippen molar-refractivity contribution < 1.29 is 0 Å². The first-order valence-electron chi connectivity index (χ1n) is 10.3. The minimum atomic E-state index is 0.471. The fourth-order valence-electron chi connectivity index (χ4n) is 4.25. The molecule has 0 aliphatic carbocycles. The molecule has 0 heterocycles. The van der Waals surface area contributed by atoms with Crippen LogP contribution in [0.15, 0.2) is 103 Å². The molecule has 5 rings (SSSR count). The third kappa shape index (κ3) is 3.21. The molecular formula is C29H24. The molecule has 0 aliphatic heterocycles. The van der Waals surface area contributed by atoms with Crippen LogP contribution in [0.5, 0.6) is 0 Å². The lowest BCUT2D eigenvalue weighted by atomic mass is 9.89. The monoisotopic (exact) mass is 372 g/mol. The standard InChI is InChI=1S/C29H24/c1-20(2)23-17-24(28-15-7-11-21-9-3-5-13-26(21)28)19-25(18-23)29-16-8-12-22-10-4-6-14-27(22)29/h3-20H,1-2H3. The van der Waals surface area contributed by atoms with E-state index in [1.54, 1.807) is 0 Å². The summed E-state index contributed by atoms with van der Waals surface area (Å²) in [5, 5.41) is 5.18. The molecule has 0 N–H and O–H groups in total. The van der Waals surface area contributed by atoms with Crippen LogP contribution in [0, 0.1) is 0 Å². The second kappa shape index (κ2) is 7.22. The van der Waals surface area contributed by atoms with Gasteiger partial charge in [-0.15, -0.1) is 0 Å². The van der Waals surface area contributed by atoms with Gasteiger partial charge in [0.25, 0.3) is 0 Å². The van der Waals surface area contributed by atoms with Gasteiger partial charge in [0.15, 0.2) is 0 Å². The molecule has 0 spiro atoms. The molecule has 5 aromatic carbocycles. The average molecular weight is 373 g/mol. The van der Waals surface area contributed by atoms with Crippen molar-refractivity contribution in [1.29, 1.82) is 0 Å². The van der Waals surface area contributed by atoms with Crippen molar-refractivity contribution in [1.82, 2.24) is 0 Å². The Morgan fingerprint density at radius 2 is 0.931 bits per heavy atom. The van der Waals surface area contributed by atoms with Crippen LogP contribution in [0.4, 0.5) is 0 Å². The van der Waals surface area contributed by atoms with Gasteiger partial charge < -0.3 is 0 Å². The lowest BCUT2D eigenvalue weighted by Crippen LogP contribution is -1.92. The maximum absolute atomic E-state index is 2.36. The van der Waals surface area contributed by atoms with Crippen molar-refractivity contribution in [3.8, 4) is 22.3 Å². The molecule has 0 bridgehead atoms. The van der Waals surface area contributed by atoms with Gasteiger partial charge in [-0.2, -0.15) is 0 Å². The minimum absolute atomic E-state index is 0.471. The molecule has 0 atom stereocenters.